The van der Waals surface area contributed by atoms with Crippen LogP contribution in [0, 0.1) is 0 Å². The molecule has 5 rings (SSSR count). The first-order valence-electron chi connectivity index (χ1n) is 10.4. The van der Waals surface area contributed by atoms with Crippen LogP contribution >= 0.6 is 0 Å². The van der Waals surface area contributed by atoms with Gasteiger partial charge < -0.3 is 37.2 Å². The summed E-state index contributed by atoms with van der Waals surface area (Å²) in [6, 6.07) is 42.7. The Kier molecular flexibility index (Phi) is 9.42. The second kappa shape index (κ2) is 11.2. The Labute approximate surface area is 228 Å². The van der Waals surface area contributed by atoms with Gasteiger partial charge in [0, 0.05) is 0 Å². The molecule has 4 aromatic rings. The van der Waals surface area contributed by atoms with Gasteiger partial charge in [-0.1, -0.05) is 0 Å². The Morgan fingerprint density at radius 3 is 1.33 bits per heavy atom. The Balaban J connectivity index is 0.00000128. The van der Waals surface area contributed by atoms with Gasteiger partial charge in [-0.25, -0.2) is 0 Å². The third-order valence-electron chi connectivity index (χ3n) is 6.51. The molecule has 0 spiro atoms. The third-order valence-corrected chi connectivity index (χ3v) is 14.7. The van der Waals surface area contributed by atoms with Crippen LogP contribution in [0.25, 0.3) is 6.08 Å². The van der Waals surface area contributed by atoms with Crippen LogP contribution < -0.4 is 52.8 Å². The van der Waals surface area contributed by atoms with Crippen LogP contribution in [0.2, 0.25) is 0 Å². The van der Waals surface area contributed by atoms with E-state index in [0.717, 1.165) is 0 Å². The maximum absolute atomic E-state index is 2.50. The van der Waals surface area contributed by atoms with Gasteiger partial charge in [-0.3, -0.25) is 0 Å². The van der Waals surface area contributed by atoms with Crippen molar-refractivity contribution in [2.45, 2.75) is 10.3 Å². The summed E-state index contributed by atoms with van der Waals surface area (Å²) in [5.41, 5.74) is 4.26. The molecule has 0 heterocycles. The summed E-state index contributed by atoms with van der Waals surface area (Å²) in [7, 11) is -2.50. The van der Waals surface area contributed by atoms with E-state index in [9.17, 15) is 0 Å². The maximum atomic E-state index is 2.49. The molecule has 0 bridgehead atoms. The van der Waals surface area contributed by atoms with Gasteiger partial charge in [-0.2, -0.15) is 0 Å². The Morgan fingerprint density at radius 2 is 0.909 bits per heavy atom. The molecule has 33 heavy (non-hydrogen) atoms. The van der Waals surface area contributed by atoms with Crippen molar-refractivity contribution in [3.05, 3.63) is 132 Å². The SMILES string of the molecule is CC1=Cc2ccccc2[C]1([Ti+3])[Si](c1ccccc1)(c1ccccc1)c1ccccc1.[Cl-].[Cl-].[Cl-]. The quantitative estimate of drug-likeness (QED) is 0.181. The molecule has 0 aliphatic heterocycles. The number of fused-ring (bicyclic) bond motifs is 1. The van der Waals surface area contributed by atoms with Crippen molar-refractivity contribution in [1.29, 1.82) is 0 Å². The zero-order valence-corrected chi connectivity index (χ0v) is 23.0. The van der Waals surface area contributed by atoms with Crippen LogP contribution in [0.4, 0.5) is 0 Å². The minimum atomic E-state index is -2.50. The van der Waals surface area contributed by atoms with E-state index in [1.807, 2.05) is 0 Å². The molecule has 4 aromatic carbocycles. The molecule has 0 amide bonds. The molecular formula is C28H23Cl3SiTi. The first kappa shape index (κ1) is 27.7. The average Bonchev–Trinajstić information content (AvgIpc) is 3.07. The van der Waals surface area contributed by atoms with Crippen LogP contribution in [0.3, 0.4) is 0 Å². The monoisotopic (exact) mass is 540 g/mol. The van der Waals surface area contributed by atoms with E-state index in [2.05, 4.69) is 149 Å². The third kappa shape index (κ3) is 4.21. The van der Waals surface area contributed by atoms with E-state index < -0.39 is 8.07 Å². The molecular weight excluding hydrogens is 519 g/mol. The molecule has 0 fully saturated rings. The van der Waals surface area contributed by atoms with Crippen LogP contribution in [0.5, 0.6) is 0 Å². The van der Waals surface area contributed by atoms with Crippen LogP contribution in [-0.4, -0.2) is 8.07 Å². The minimum Gasteiger partial charge on any atom is -1.00 e. The van der Waals surface area contributed by atoms with Gasteiger partial charge in [0.15, 0.2) is 0 Å². The molecule has 1 aliphatic rings. The fourth-order valence-electron chi connectivity index (χ4n) is 5.23. The number of allylic oxidation sites excluding steroid dienone is 1. The van der Waals surface area contributed by atoms with Gasteiger partial charge in [0.2, 0.25) is 0 Å². The van der Waals surface area contributed by atoms with E-state index >= 15 is 0 Å². The number of rotatable bonds is 4. The van der Waals surface area contributed by atoms with Crippen LogP contribution in [0.1, 0.15) is 18.1 Å². The largest absolute Gasteiger partial charge is 1.00 e. The summed E-state index contributed by atoms with van der Waals surface area (Å²) < 4.78 is -0.0896. The summed E-state index contributed by atoms with van der Waals surface area (Å²) >= 11 is 2.49. The Hall–Kier alpha value is -1.58. The standard InChI is InChI=1S/C28H23Si.3ClH.Ti/c1-22-21-23-13-11-12-20-27(23)28(22)29(24-14-5-2-6-15-24,25-16-7-3-8-17-25)26-18-9-4-10-19-26;;;;/h2-21H,1H3;3*1H;/q;;;;+3/p-3. The van der Waals surface area contributed by atoms with E-state index in [0.29, 0.717) is 0 Å². The molecule has 0 saturated heterocycles. The zero-order valence-electron chi connectivity index (χ0n) is 18.2. The van der Waals surface area contributed by atoms with Gasteiger partial charge in [-0.05, 0) is 0 Å². The summed E-state index contributed by atoms with van der Waals surface area (Å²) in [5.74, 6) is 0. The fourth-order valence-corrected chi connectivity index (χ4v) is 13.4. The van der Waals surface area contributed by atoms with Gasteiger partial charge in [0.05, 0.1) is 0 Å². The molecule has 0 N–H and O–H groups in total. The number of benzene rings is 4. The summed E-state index contributed by atoms with van der Waals surface area (Å²) in [6.45, 7) is 2.33. The zero-order chi connectivity index (χ0) is 20.6. The van der Waals surface area contributed by atoms with Crippen molar-refractivity contribution in [3.8, 4) is 0 Å². The predicted octanol–water partition coefficient (Wildman–Crippen LogP) is -4.43. The molecule has 0 saturated carbocycles. The van der Waals surface area contributed by atoms with Crippen molar-refractivity contribution in [3.63, 3.8) is 0 Å². The normalized spacial score (nSPS) is 16.4. The van der Waals surface area contributed by atoms with Crippen molar-refractivity contribution in [2.75, 3.05) is 0 Å². The van der Waals surface area contributed by atoms with Crippen molar-refractivity contribution < 1.29 is 57.7 Å². The molecule has 0 nitrogen and oxygen atoms in total. The summed E-state index contributed by atoms with van der Waals surface area (Å²) in [6.07, 6.45) is 2.41. The number of hydrogen-bond acceptors (Lipinski definition) is 0. The van der Waals surface area contributed by atoms with Gasteiger partial charge in [0.25, 0.3) is 0 Å². The average molecular weight is 542 g/mol. The second-order valence-electron chi connectivity index (χ2n) is 8.01. The van der Waals surface area contributed by atoms with Crippen molar-refractivity contribution in [2.24, 2.45) is 0 Å². The predicted molar refractivity (Wildman–Crippen MR) is 126 cm³/mol. The van der Waals surface area contributed by atoms with Crippen LogP contribution in [0.15, 0.2) is 121 Å². The van der Waals surface area contributed by atoms with Crippen molar-refractivity contribution in [1.82, 2.24) is 0 Å². The molecule has 1 aliphatic carbocycles. The van der Waals surface area contributed by atoms with Gasteiger partial charge >= 0.3 is 192 Å². The Bertz CT molecular complexity index is 1120. The summed E-state index contributed by atoms with van der Waals surface area (Å²) in [4.78, 5) is 0. The molecule has 164 valence electrons. The van der Waals surface area contributed by atoms with Gasteiger partial charge in [0.1, 0.15) is 0 Å². The molecule has 5 heteroatoms. The van der Waals surface area contributed by atoms with E-state index in [-0.39, 0.29) is 40.6 Å². The molecule has 1 unspecified atom stereocenters. The minimum absolute atomic E-state index is 0. The van der Waals surface area contributed by atoms with E-state index in [1.54, 1.807) is 0 Å². The first-order chi connectivity index (χ1) is 14.7. The maximum Gasteiger partial charge on any atom is -1.00 e. The molecule has 0 aromatic heterocycles. The second-order valence-corrected chi connectivity index (χ2v) is 13.9. The van der Waals surface area contributed by atoms with E-state index in [1.165, 1.54) is 32.3 Å². The molecule has 0 radical (unpaired) electrons. The van der Waals surface area contributed by atoms with Crippen LogP contribution in [-0.2, 0) is 23.8 Å². The first-order valence-corrected chi connectivity index (χ1v) is 13.2. The topological polar surface area (TPSA) is 0 Å². The smallest absolute Gasteiger partial charge is 1.00 e. The number of halogens is 3. The fraction of sp³-hybridized carbons (Fsp3) is 0.0714. The Morgan fingerprint density at radius 1 is 0.545 bits per heavy atom. The van der Waals surface area contributed by atoms with Crippen molar-refractivity contribution >= 4 is 29.7 Å². The van der Waals surface area contributed by atoms with E-state index in [4.69, 9.17) is 0 Å². The van der Waals surface area contributed by atoms with Gasteiger partial charge in [-0.15, -0.1) is 0 Å². The molecule has 1 atom stereocenters. The number of hydrogen-bond donors (Lipinski definition) is 0. The summed E-state index contributed by atoms with van der Waals surface area (Å²) in [5, 5.41) is 4.36.